The lowest BCUT2D eigenvalue weighted by molar-refractivity contribution is 0.572. The molecule has 0 heterocycles. The molecular formula is C17H17BrClN. The van der Waals surface area contributed by atoms with Crippen LogP contribution >= 0.6 is 27.5 Å². The van der Waals surface area contributed by atoms with E-state index in [2.05, 4.69) is 45.5 Å². The molecule has 1 aliphatic carbocycles. The van der Waals surface area contributed by atoms with Crippen LogP contribution < -0.4 is 5.32 Å². The van der Waals surface area contributed by atoms with E-state index in [1.54, 1.807) is 0 Å². The SMILES string of the molecule is Clc1ccc(Br)cc1NCC1CCCc2ccccc21. The zero-order chi connectivity index (χ0) is 13.9. The first-order chi connectivity index (χ1) is 9.74. The van der Waals surface area contributed by atoms with Gasteiger partial charge in [-0.25, -0.2) is 0 Å². The molecule has 0 saturated carbocycles. The number of rotatable bonds is 3. The van der Waals surface area contributed by atoms with Crippen molar-refractivity contribution in [3.8, 4) is 0 Å². The molecule has 0 saturated heterocycles. The molecule has 104 valence electrons. The Labute approximate surface area is 133 Å². The minimum absolute atomic E-state index is 0.579. The molecule has 0 bridgehead atoms. The van der Waals surface area contributed by atoms with Crippen LogP contribution in [0, 0.1) is 0 Å². The van der Waals surface area contributed by atoms with E-state index in [4.69, 9.17) is 11.6 Å². The summed E-state index contributed by atoms with van der Waals surface area (Å²) in [5.41, 5.74) is 4.01. The predicted octanol–water partition coefficient (Wildman–Crippen LogP) is 5.63. The highest BCUT2D eigenvalue weighted by Crippen LogP contribution is 2.33. The first-order valence-corrected chi connectivity index (χ1v) is 8.18. The van der Waals surface area contributed by atoms with E-state index < -0.39 is 0 Å². The second kappa shape index (κ2) is 6.19. The van der Waals surface area contributed by atoms with Crippen LogP contribution in [0.2, 0.25) is 5.02 Å². The Morgan fingerprint density at radius 1 is 1.20 bits per heavy atom. The van der Waals surface area contributed by atoms with Gasteiger partial charge in [0.1, 0.15) is 0 Å². The Morgan fingerprint density at radius 2 is 2.05 bits per heavy atom. The van der Waals surface area contributed by atoms with Crippen molar-refractivity contribution in [1.82, 2.24) is 0 Å². The molecule has 1 atom stereocenters. The minimum atomic E-state index is 0.579. The molecule has 0 fully saturated rings. The number of nitrogens with one attached hydrogen (secondary N) is 1. The van der Waals surface area contributed by atoms with Crippen LogP contribution in [-0.2, 0) is 6.42 Å². The van der Waals surface area contributed by atoms with Gasteiger partial charge < -0.3 is 5.32 Å². The lowest BCUT2D eigenvalue weighted by Crippen LogP contribution is -2.18. The fourth-order valence-electron chi connectivity index (χ4n) is 2.93. The number of benzene rings is 2. The fourth-order valence-corrected chi connectivity index (χ4v) is 3.48. The second-order valence-corrected chi connectivity index (χ2v) is 6.62. The molecule has 0 spiro atoms. The standard InChI is InChI=1S/C17H17BrClN/c18-14-8-9-16(19)17(10-14)20-11-13-6-3-5-12-4-1-2-7-15(12)13/h1-2,4,7-10,13,20H,3,5-6,11H2. The molecule has 3 rings (SSSR count). The first-order valence-electron chi connectivity index (χ1n) is 7.01. The van der Waals surface area contributed by atoms with Crippen LogP contribution in [0.1, 0.15) is 29.9 Å². The molecule has 1 aliphatic rings. The van der Waals surface area contributed by atoms with Gasteiger partial charge in [-0.15, -0.1) is 0 Å². The summed E-state index contributed by atoms with van der Waals surface area (Å²) >= 11 is 9.72. The molecule has 0 radical (unpaired) electrons. The molecular weight excluding hydrogens is 334 g/mol. The van der Waals surface area contributed by atoms with Crippen LogP contribution in [-0.4, -0.2) is 6.54 Å². The van der Waals surface area contributed by atoms with Crippen LogP contribution in [0.3, 0.4) is 0 Å². The molecule has 3 heteroatoms. The molecule has 1 unspecified atom stereocenters. The summed E-state index contributed by atoms with van der Waals surface area (Å²) in [4.78, 5) is 0. The Morgan fingerprint density at radius 3 is 2.95 bits per heavy atom. The lowest BCUT2D eigenvalue weighted by atomic mass is 9.83. The quantitative estimate of drug-likeness (QED) is 0.756. The second-order valence-electron chi connectivity index (χ2n) is 5.29. The van der Waals surface area contributed by atoms with Crippen LogP contribution in [0.5, 0.6) is 0 Å². The Bertz CT molecular complexity index is 612. The van der Waals surface area contributed by atoms with Gasteiger partial charge in [-0.05, 0) is 48.6 Å². The molecule has 1 N–H and O–H groups in total. The highest BCUT2D eigenvalue weighted by atomic mass is 79.9. The number of hydrogen-bond acceptors (Lipinski definition) is 1. The maximum absolute atomic E-state index is 6.23. The van der Waals surface area contributed by atoms with Gasteiger partial charge in [0, 0.05) is 16.9 Å². The van der Waals surface area contributed by atoms with Gasteiger partial charge in [0.05, 0.1) is 10.7 Å². The summed E-state index contributed by atoms with van der Waals surface area (Å²) in [6.45, 7) is 0.938. The molecule has 0 aliphatic heterocycles. The topological polar surface area (TPSA) is 12.0 Å². The van der Waals surface area contributed by atoms with E-state index in [0.717, 1.165) is 21.7 Å². The summed E-state index contributed by atoms with van der Waals surface area (Å²) < 4.78 is 1.05. The van der Waals surface area contributed by atoms with Gasteiger partial charge in [0.15, 0.2) is 0 Å². The van der Waals surface area contributed by atoms with Gasteiger partial charge in [-0.2, -0.15) is 0 Å². The van der Waals surface area contributed by atoms with Crippen molar-refractivity contribution in [3.05, 3.63) is 63.1 Å². The number of fused-ring (bicyclic) bond motifs is 1. The molecule has 2 aromatic carbocycles. The first kappa shape index (κ1) is 14.0. The van der Waals surface area contributed by atoms with Crippen LogP contribution in [0.4, 0.5) is 5.69 Å². The monoisotopic (exact) mass is 349 g/mol. The Kier molecular flexibility index (Phi) is 4.32. The van der Waals surface area contributed by atoms with Gasteiger partial charge in [0.2, 0.25) is 0 Å². The van der Waals surface area contributed by atoms with E-state index in [-0.39, 0.29) is 0 Å². The van der Waals surface area contributed by atoms with E-state index in [1.165, 1.54) is 30.4 Å². The highest BCUT2D eigenvalue weighted by Gasteiger charge is 2.19. The van der Waals surface area contributed by atoms with Crippen molar-refractivity contribution in [2.24, 2.45) is 0 Å². The normalized spacial score (nSPS) is 17.6. The number of hydrogen-bond donors (Lipinski definition) is 1. The van der Waals surface area contributed by atoms with Gasteiger partial charge in [-0.1, -0.05) is 51.8 Å². The minimum Gasteiger partial charge on any atom is -0.383 e. The molecule has 0 aromatic heterocycles. The molecule has 20 heavy (non-hydrogen) atoms. The maximum Gasteiger partial charge on any atom is 0.0638 e. The summed E-state index contributed by atoms with van der Waals surface area (Å²) in [6, 6.07) is 14.7. The van der Waals surface area contributed by atoms with Crippen molar-refractivity contribution in [3.63, 3.8) is 0 Å². The third-order valence-electron chi connectivity index (χ3n) is 3.96. The van der Waals surface area contributed by atoms with E-state index in [1.807, 2.05) is 18.2 Å². The maximum atomic E-state index is 6.23. The van der Waals surface area contributed by atoms with Gasteiger partial charge in [-0.3, -0.25) is 0 Å². The molecule has 0 amide bonds. The largest absolute Gasteiger partial charge is 0.383 e. The van der Waals surface area contributed by atoms with Crippen LogP contribution in [0.25, 0.3) is 0 Å². The molecule has 1 nitrogen and oxygen atoms in total. The van der Waals surface area contributed by atoms with Crippen molar-refractivity contribution in [2.45, 2.75) is 25.2 Å². The fraction of sp³-hybridized carbons (Fsp3) is 0.294. The van der Waals surface area contributed by atoms with E-state index in [0.29, 0.717) is 5.92 Å². The highest BCUT2D eigenvalue weighted by molar-refractivity contribution is 9.10. The summed E-state index contributed by atoms with van der Waals surface area (Å²) in [5.74, 6) is 0.579. The van der Waals surface area contributed by atoms with Crippen molar-refractivity contribution < 1.29 is 0 Å². The zero-order valence-corrected chi connectivity index (χ0v) is 13.5. The van der Waals surface area contributed by atoms with Crippen molar-refractivity contribution in [1.29, 1.82) is 0 Å². The Hall–Kier alpha value is -0.990. The van der Waals surface area contributed by atoms with E-state index >= 15 is 0 Å². The summed E-state index contributed by atoms with van der Waals surface area (Å²) in [6.07, 6.45) is 3.73. The summed E-state index contributed by atoms with van der Waals surface area (Å²) in [5, 5.41) is 4.28. The zero-order valence-electron chi connectivity index (χ0n) is 11.2. The van der Waals surface area contributed by atoms with E-state index in [9.17, 15) is 0 Å². The Balaban J connectivity index is 1.75. The van der Waals surface area contributed by atoms with Gasteiger partial charge in [0.25, 0.3) is 0 Å². The average Bonchev–Trinajstić information content (AvgIpc) is 2.48. The van der Waals surface area contributed by atoms with Crippen molar-refractivity contribution >= 4 is 33.2 Å². The van der Waals surface area contributed by atoms with Gasteiger partial charge >= 0.3 is 0 Å². The number of aryl methyl sites for hydroxylation is 1. The predicted molar refractivity (Wildman–Crippen MR) is 89.8 cm³/mol. The summed E-state index contributed by atoms with van der Waals surface area (Å²) in [7, 11) is 0. The van der Waals surface area contributed by atoms with Crippen LogP contribution in [0.15, 0.2) is 46.9 Å². The smallest absolute Gasteiger partial charge is 0.0638 e. The third-order valence-corrected chi connectivity index (χ3v) is 4.78. The third kappa shape index (κ3) is 3.02. The lowest BCUT2D eigenvalue weighted by Gasteiger charge is -2.26. The number of halogens is 2. The number of anilines is 1. The average molecular weight is 351 g/mol. The molecule has 2 aromatic rings. The van der Waals surface area contributed by atoms with Crippen molar-refractivity contribution in [2.75, 3.05) is 11.9 Å².